The highest BCUT2D eigenvalue weighted by atomic mass is 32.2. The summed E-state index contributed by atoms with van der Waals surface area (Å²) in [6, 6.07) is 17.6. The van der Waals surface area contributed by atoms with Crippen molar-refractivity contribution < 1.29 is 17.9 Å². The first kappa shape index (κ1) is 18.5. The second kappa shape index (κ2) is 7.51. The number of nitrogens with zero attached hydrogens (tertiary/aromatic N) is 3. The first-order valence-electron chi connectivity index (χ1n) is 7.97. The Morgan fingerprint density at radius 2 is 1.70 bits per heavy atom. The van der Waals surface area contributed by atoms with Crippen molar-refractivity contribution in [1.82, 2.24) is 9.78 Å². The molecular formula is C19H17N3O4S. The Labute approximate surface area is 157 Å². The highest BCUT2D eigenvalue weighted by Gasteiger charge is 2.18. The lowest BCUT2D eigenvalue weighted by molar-refractivity contribution is 0.368. The fourth-order valence-electron chi connectivity index (χ4n) is 2.50. The lowest BCUT2D eigenvalue weighted by atomic mass is 10.1. The molecule has 8 heteroatoms. The second-order valence-electron chi connectivity index (χ2n) is 5.72. The van der Waals surface area contributed by atoms with Gasteiger partial charge in [0.25, 0.3) is 0 Å². The minimum absolute atomic E-state index is 0.0156. The van der Waals surface area contributed by atoms with Gasteiger partial charge in [0, 0.05) is 17.9 Å². The first-order chi connectivity index (χ1) is 12.9. The van der Waals surface area contributed by atoms with Gasteiger partial charge < -0.3 is 9.47 Å². The maximum atomic E-state index is 12.0. The lowest BCUT2D eigenvalue weighted by Gasteiger charge is -2.09. The summed E-state index contributed by atoms with van der Waals surface area (Å²) >= 11 is 0. The smallest absolute Gasteiger partial charge is 0.194 e. The average Bonchev–Trinajstić information content (AvgIpc) is 3.13. The molecule has 1 heterocycles. The molecule has 0 spiro atoms. The standard InChI is InChI=1S/C19H17N3O4S/c1-25-16-9-5-15(6-10-16)22-18(13-19(21-22)27(2,23)24)14-3-7-17(8-4-14)26-12-11-20/h3-10,13H,12H2,1-2H3. The van der Waals surface area contributed by atoms with E-state index in [1.165, 1.54) is 6.07 Å². The maximum Gasteiger partial charge on any atom is 0.194 e. The van der Waals surface area contributed by atoms with Gasteiger partial charge in [-0.25, -0.2) is 13.1 Å². The van der Waals surface area contributed by atoms with Crippen molar-refractivity contribution >= 4 is 9.84 Å². The molecule has 0 radical (unpaired) electrons. The van der Waals surface area contributed by atoms with Gasteiger partial charge in [-0.2, -0.15) is 10.4 Å². The van der Waals surface area contributed by atoms with Crippen LogP contribution in [0.15, 0.2) is 59.6 Å². The molecule has 0 aliphatic carbocycles. The van der Waals surface area contributed by atoms with Crippen LogP contribution in [0.5, 0.6) is 11.5 Å². The monoisotopic (exact) mass is 383 g/mol. The summed E-state index contributed by atoms with van der Waals surface area (Å²) in [5.41, 5.74) is 2.08. The van der Waals surface area contributed by atoms with Crippen molar-refractivity contribution in [3.8, 4) is 34.5 Å². The van der Waals surface area contributed by atoms with E-state index in [0.717, 1.165) is 11.8 Å². The zero-order valence-electron chi connectivity index (χ0n) is 14.8. The molecule has 0 saturated carbocycles. The van der Waals surface area contributed by atoms with Gasteiger partial charge in [0.15, 0.2) is 21.5 Å². The van der Waals surface area contributed by atoms with E-state index in [0.29, 0.717) is 22.9 Å². The van der Waals surface area contributed by atoms with Crippen molar-refractivity contribution in [3.63, 3.8) is 0 Å². The molecule has 0 unspecified atom stereocenters. The molecule has 3 aromatic rings. The predicted octanol–water partition coefficient (Wildman–Crippen LogP) is 2.85. The molecule has 7 nitrogen and oxygen atoms in total. The Bertz CT molecular complexity index is 1080. The summed E-state index contributed by atoms with van der Waals surface area (Å²) in [4.78, 5) is 0. The average molecular weight is 383 g/mol. The fourth-order valence-corrected chi connectivity index (χ4v) is 3.06. The zero-order chi connectivity index (χ0) is 19.4. The Morgan fingerprint density at radius 1 is 1.07 bits per heavy atom. The summed E-state index contributed by atoms with van der Waals surface area (Å²) in [5, 5.41) is 12.8. The van der Waals surface area contributed by atoms with Gasteiger partial charge in [0.1, 0.15) is 17.6 Å². The molecular weight excluding hydrogens is 366 g/mol. The van der Waals surface area contributed by atoms with E-state index in [1.54, 1.807) is 60.3 Å². The molecule has 1 aromatic heterocycles. The zero-order valence-corrected chi connectivity index (χ0v) is 15.6. The van der Waals surface area contributed by atoms with Crippen LogP contribution in [0.3, 0.4) is 0 Å². The molecule has 0 fully saturated rings. The van der Waals surface area contributed by atoms with Crippen molar-refractivity contribution in [2.24, 2.45) is 0 Å². The quantitative estimate of drug-likeness (QED) is 0.650. The van der Waals surface area contributed by atoms with Crippen LogP contribution in [-0.4, -0.2) is 38.2 Å². The number of methoxy groups -OCH3 is 1. The van der Waals surface area contributed by atoms with E-state index in [4.69, 9.17) is 14.7 Å². The third-order valence-electron chi connectivity index (χ3n) is 3.84. The number of aromatic nitrogens is 2. The number of ether oxygens (including phenoxy) is 2. The highest BCUT2D eigenvalue weighted by molar-refractivity contribution is 7.90. The van der Waals surface area contributed by atoms with Gasteiger partial charge in [-0.1, -0.05) is 0 Å². The van der Waals surface area contributed by atoms with E-state index in [9.17, 15) is 8.42 Å². The van der Waals surface area contributed by atoms with Crippen LogP contribution in [0, 0.1) is 11.3 Å². The number of sulfone groups is 1. The van der Waals surface area contributed by atoms with Gasteiger partial charge >= 0.3 is 0 Å². The van der Waals surface area contributed by atoms with Crippen LogP contribution >= 0.6 is 0 Å². The van der Waals surface area contributed by atoms with Crippen LogP contribution in [0.4, 0.5) is 0 Å². The van der Waals surface area contributed by atoms with Gasteiger partial charge in [0.2, 0.25) is 0 Å². The molecule has 0 N–H and O–H groups in total. The van der Waals surface area contributed by atoms with Crippen molar-refractivity contribution in [2.75, 3.05) is 20.0 Å². The molecule has 27 heavy (non-hydrogen) atoms. The Morgan fingerprint density at radius 3 is 2.26 bits per heavy atom. The molecule has 0 amide bonds. The fraction of sp³-hybridized carbons (Fsp3) is 0.158. The van der Waals surface area contributed by atoms with Gasteiger partial charge in [-0.15, -0.1) is 0 Å². The van der Waals surface area contributed by atoms with Gasteiger partial charge in [-0.3, -0.25) is 0 Å². The van der Waals surface area contributed by atoms with Crippen LogP contribution in [0.25, 0.3) is 16.9 Å². The third-order valence-corrected chi connectivity index (χ3v) is 4.80. The second-order valence-corrected chi connectivity index (χ2v) is 7.68. The molecule has 0 bridgehead atoms. The third kappa shape index (κ3) is 4.10. The maximum absolute atomic E-state index is 12.0. The largest absolute Gasteiger partial charge is 0.497 e. The van der Waals surface area contributed by atoms with E-state index in [2.05, 4.69) is 5.10 Å². The summed E-state index contributed by atoms with van der Waals surface area (Å²) in [6.07, 6.45) is 1.12. The van der Waals surface area contributed by atoms with Gasteiger partial charge in [-0.05, 0) is 48.5 Å². The highest BCUT2D eigenvalue weighted by Crippen LogP contribution is 2.28. The summed E-state index contributed by atoms with van der Waals surface area (Å²) in [5.74, 6) is 1.24. The molecule has 0 atom stereocenters. The Balaban J connectivity index is 2.07. The van der Waals surface area contributed by atoms with Crippen molar-refractivity contribution in [3.05, 3.63) is 54.6 Å². The molecule has 138 valence electrons. The topological polar surface area (TPSA) is 94.2 Å². The van der Waals surface area contributed by atoms with Crippen LogP contribution in [0.2, 0.25) is 0 Å². The predicted molar refractivity (Wildman–Crippen MR) is 99.8 cm³/mol. The summed E-state index contributed by atoms with van der Waals surface area (Å²) in [6.45, 7) is -0.0403. The molecule has 3 rings (SSSR count). The number of nitriles is 1. The first-order valence-corrected chi connectivity index (χ1v) is 9.86. The summed E-state index contributed by atoms with van der Waals surface area (Å²) < 4.78 is 36.0. The van der Waals surface area contributed by atoms with E-state index in [1.807, 2.05) is 6.07 Å². The van der Waals surface area contributed by atoms with Crippen LogP contribution in [-0.2, 0) is 9.84 Å². The number of hydrogen-bond donors (Lipinski definition) is 0. The van der Waals surface area contributed by atoms with E-state index < -0.39 is 9.84 Å². The SMILES string of the molecule is COc1ccc(-n2nc(S(C)(=O)=O)cc2-c2ccc(OCC#N)cc2)cc1. The van der Waals surface area contributed by atoms with Crippen LogP contribution in [0.1, 0.15) is 0 Å². The number of benzene rings is 2. The lowest BCUT2D eigenvalue weighted by Crippen LogP contribution is -2.02. The van der Waals surface area contributed by atoms with Gasteiger partial charge in [0.05, 0.1) is 18.5 Å². The van der Waals surface area contributed by atoms with E-state index >= 15 is 0 Å². The van der Waals surface area contributed by atoms with Crippen molar-refractivity contribution in [1.29, 1.82) is 5.26 Å². The van der Waals surface area contributed by atoms with Crippen molar-refractivity contribution in [2.45, 2.75) is 5.03 Å². The summed E-state index contributed by atoms with van der Waals surface area (Å²) in [7, 11) is -1.90. The minimum Gasteiger partial charge on any atom is -0.497 e. The Kier molecular flexibility index (Phi) is 5.14. The number of hydrogen-bond acceptors (Lipinski definition) is 6. The normalized spacial score (nSPS) is 11.0. The molecule has 2 aromatic carbocycles. The Hall–Kier alpha value is -3.31. The molecule has 0 saturated heterocycles. The number of rotatable bonds is 6. The minimum atomic E-state index is -3.47. The molecule has 0 aliphatic rings. The van der Waals surface area contributed by atoms with Crippen LogP contribution < -0.4 is 9.47 Å². The molecule has 0 aliphatic heterocycles. The van der Waals surface area contributed by atoms with E-state index in [-0.39, 0.29) is 11.6 Å².